The molecule has 0 radical (unpaired) electrons. The lowest BCUT2D eigenvalue weighted by Gasteiger charge is -2.09. The lowest BCUT2D eigenvalue weighted by molar-refractivity contribution is 0.262. The lowest BCUT2D eigenvalue weighted by Crippen LogP contribution is -2.19. The molecule has 3 aromatic carbocycles. The Morgan fingerprint density at radius 2 is 1.78 bits per heavy atom. The molecule has 9 nitrogen and oxygen atoms in total. The van der Waals surface area contributed by atoms with Crippen LogP contribution in [0.1, 0.15) is 5.56 Å². The van der Waals surface area contributed by atoms with E-state index in [2.05, 4.69) is 25.8 Å². The van der Waals surface area contributed by atoms with Gasteiger partial charge in [-0.25, -0.2) is 14.2 Å². The number of benzene rings is 3. The standard InChI is InChI=1S/C26H20ClFN6O3/c1-36-20-9-4-17(5-10-20)24-32-25(37-33-24)23-14-34(15-29-23)13-16-2-6-18(7-3-16)30-26(35)31-19-8-11-22(28)21(27)12-19/h2-12,14-15H,13H2,1H3,(H2,30,31,35). The highest BCUT2D eigenvalue weighted by atomic mass is 35.5. The SMILES string of the molecule is COc1ccc(-c2noc(-c3cn(Cc4ccc(NC(=O)Nc5ccc(F)c(Cl)c5)cc4)cn3)n2)cc1. The summed E-state index contributed by atoms with van der Waals surface area (Å²) in [6.45, 7) is 0.549. The molecule has 0 unspecified atom stereocenters. The predicted molar refractivity (Wildman–Crippen MR) is 137 cm³/mol. The molecule has 5 aromatic rings. The van der Waals surface area contributed by atoms with E-state index in [4.69, 9.17) is 20.9 Å². The normalized spacial score (nSPS) is 10.8. The number of rotatable bonds is 7. The number of hydrogen-bond acceptors (Lipinski definition) is 6. The fraction of sp³-hybridized carbons (Fsp3) is 0.0769. The smallest absolute Gasteiger partial charge is 0.323 e. The lowest BCUT2D eigenvalue weighted by atomic mass is 10.2. The minimum Gasteiger partial charge on any atom is -0.497 e. The molecule has 0 aliphatic carbocycles. The Balaban J connectivity index is 1.19. The van der Waals surface area contributed by atoms with Crippen molar-refractivity contribution in [2.24, 2.45) is 0 Å². The molecular formula is C26H20ClFN6O3. The van der Waals surface area contributed by atoms with Crippen molar-refractivity contribution in [2.75, 3.05) is 17.7 Å². The van der Waals surface area contributed by atoms with E-state index >= 15 is 0 Å². The highest BCUT2D eigenvalue weighted by Gasteiger charge is 2.13. The van der Waals surface area contributed by atoms with Crippen LogP contribution in [0.3, 0.4) is 0 Å². The first-order valence-electron chi connectivity index (χ1n) is 11.1. The van der Waals surface area contributed by atoms with Crippen LogP contribution in [-0.4, -0.2) is 32.8 Å². The van der Waals surface area contributed by atoms with Gasteiger partial charge in [-0.3, -0.25) is 0 Å². The van der Waals surface area contributed by atoms with Crippen molar-refractivity contribution in [2.45, 2.75) is 6.54 Å². The van der Waals surface area contributed by atoms with Gasteiger partial charge in [0.1, 0.15) is 17.3 Å². The molecule has 0 saturated carbocycles. The summed E-state index contributed by atoms with van der Waals surface area (Å²) in [5, 5.41) is 9.30. The fourth-order valence-electron chi connectivity index (χ4n) is 3.51. The molecule has 0 atom stereocenters. The van der Waals surface area contributed by atoms with E-state index in [0.717, 1.165) is 16.9 Å². The Bertz CT molecular complexity index is 1530. The van der Waals surface area contributed by atoms with Crippen molar-refractivity contribution in [3.63, 3.8) is 0 Å². The first-order chi connectivity index (χ1) is 18.0. The van der Waals surface area contributed by atoms with Crippen molar-refractivity contribution < 1.29 is 18.4 Å². The van der Waals surface area contributed by atoms with E-state index in [1.165, 1.54) is 18.2 Å². The molecule has 2 aromatic heterocycles. The van der Waals surface area contributed by atoms with Crippen molar-refractivity contribution in [1.29, 1.82) is 0 Å². The quantitative estimate of drug-likeness (QED) is 0.270. The maximum absolute atomic E-state index is 13.3. The third-order valence-electron chi connectivity index (χ3n) is 5.38. The number of urea groups is 1. The minimum atomic E-state index is -0.552. The third-order valence-corrected chi connectivity index (χ3v) is 5.67. The first-order valence-corrected chi connectivity index (χ1v) is 11.5. The summed E-state index contributed by atoms with van der Waals surface area (Å²) in [7, 11) is 1.61. The molecule has 0 fully saturated rings. The van der Waals surface area contributed by atoms with E-state index in [9.17, 15) is 9.18 Å². The van der Waals surface area contributed by atoms with Gasteiger partial charge in [-0.15, -0.1) is 0 Å². The number of hydrogen-bond donors (Lipinski definition) is 2. The number of carbonyl (C=O) groups excluding carboxylic acids is 1. The molecule has 5 rings (SSSR count). The number of methoxy groups -OCH3 is 1. The predicted octanol–water partition coefficient (Wildman–Crippen LogP) is 6.09. The molecule has 186 valence electrons. The van der Waals surface area contributed by atoms with E-state index in [1.54, 1.807) is 25.6 Å². The van der Waals surface area contributed by atoms with Crippen LogP contribution in [0.25, 0.3) is 23.0 Å². The molecule has 2 N–H and O–H groups in total. The molecule has 37 heavy (non-hydrogen) atoms. The number of halogens is 2. The number of ether oxygens (including phenoxy) is 1. The van der Waals surface area contributed by atoms with E-state index in [1.807, 2.05) is 47.2 Å². The summed E-state index contributed by atoms with van der Waals surface area (Å²) in [5.74, 6) is 0.969. The van der Waals surface area contributed by atoms with Crippen molar-refractivity contribution >= 4 is 29.0 Å². The molecule has 2 heterocycles. The second-order valence-corrected chi connectivity index (χ2v) is 8.40. The second-order valence-electron chi connectivity index (χ2n) is 7.99. The zero-order chi connectivity index (χ0) is 25.8. The molecule has 11 heteroatoms. The summed E-state index contributed by atoms with van der Waals surface area (Å²) < 4.78 is 25.7. The number of carbonyl (C=O) groups is 1. The van der Waals surface area contributed by atoms with Crippen LogP contribution in [-0.2, 0) is 6.54 Å². The monoisotopic (exact) mass is 518 g/mol. The third kappa shape index (κ3) is 5.76. The van der Waals surface area contributed by atoms with Gasteiger partial charge in [-0.1, -0.05) is 28.9 Å². The zero-order valence-corrected chi connectivity index (χ0v) is 20.2. The van der Waals surface area contributed by atoms with Crippen molar-refractivity contribution in [3.05, 3.63) is 95.7 Å². The number of nitrogens with one attached hydrogen (secondary N) is 2. The Hall–Kier alpha value is -4.70. The summed E-state index contributed by atoms with van der Waals surface area (Å²) in [6.07, 6.45) is 3.50. The first kappa shape index (κ1) is 24.0. The molecule has 0 aliphatic heterocycles. The molecule has 0 bridgehead atoms. The van der Waals surface area contributed by atoms with E-state index < -0.39 is 11.8 Å². The topological polar surface area (TPSA) is 107 Å². The minimum absolute atomic E-state index is 0.0680. The van der Waals surface area contributed by atoms with Crippen molar-refractivity contribution in [1.82, 2.24) is 19.7 Å². The van der Waals surface area contributed by atoms with Gasteiger partial charge in [0.15, 0.2) is 0 Å². The highest BCUT2D eigenvalue weighted by Crippen LogP contribution is 2.23. The fourth-order valence-corrected chi connectivity index (χ4v) is 3.69. The number of amides is 2. The van der Waals surface area contributed by atoms with Gasteiger partial charge in [-0.2, -0.15) is 4.98 Å². The molecule has 2 amide bonds. The number of anilines is 2. The summed E-state index contributed by atoms with van der Waals surface area (Å²) in [6, 6.07) is 18.2. The summed E-state index contributed by atoms with van der Waals surface area (Å²) >= 11 is 5.74. The Morgan fingerprint density at radius 1 is 1.05 bits per heavy atom. The van der Waals surface area contributed by atoms with E-state index in [-0.39, 0.29) is 5.02 Å². The van der Waals surface area contributed by atoms with Gasteiger partial charge in [-0.05, 0) is 60.2 Å². The van der Waals surface area contributed by atoms with Crippen LogP contribution in [0.2, 0.25) is 5.02 Å². The van der Waals surface area contributed by atoms with Crippen LogP contribution in [0.5, 0.6) is 5.75 Å². The van der Waals surface area contributed by atoms with Gasteiger partial charge in [0.25, 0.3) is 5.89 Å². The molecule has 0 spiro atoms. The van der Waals surface area contributed by atoms with Gasteiger partial charge in [0.05, 0.1) is 18.5 Å². The largest absolute Gasteiger partial charge is 0.497 e. The van der Waals surface area contributed by atoms with E-state index in [0.29, 0.717) is 35.3 Å². The van der Waals surface area contributed by atoms with Crippen LogP contribution in [0.4, 0.5) is 20.6 Å². The maximum atomic E-state index is 13.3. The van der Waals surface area contributed by atoms with Crippen LogP contribution in [0.15, 0.2) is 83.8 Å². The molecule has 0 saturated heterocycles. The summed E-state index contributed by atoms with van der Waals surface area (Å²) in [4.78, 5) is 21.0. The zero-order valence-electron chi connectivity index (χ0n) is 19.5. The average Bonchev–Trinajstić information content (AvgIpc) is 3.58. The highest BCUT2D eigenvalue weighted by molar-refractivity contribution is 6.31. The van der Waals surface area contributed by atoms with Gasteiger partial charge in [0, 0.05) is 29.7 Å². The van der Waals surface area contributed by atoms with Gasteiger partial charge < -0.3 is 24.5 Å². The van der Waals surface area contributed by atoms with Gasteiger partial charge >= 0.3 is 6.03 Å². The average molecular weight is 519 g/mol. The number of aromatic nitrogens is 4. The number of nitrogens with zero attached hydrogens (tertiary/aromatic N) is 4. The summed E-state index contributed by atoms with van der Waals surface area (Å²) in [5.41, 5.74) is 3.33. The Labute approximate surface area is 215 Å². The van der Waals surface area contributed by atoms with Crippen LogP contribution < -0.4 is 15.4 Å². The second kappa shape index (κ2) is 10.5. The van der Waals surface area contributed by atoms with Crippen molar-refractivity contribution in [3.8, 4) is 28.7 Å². The Morgan fingerprint density at radius 3 is 2.51 bits per heavy atom. The van der Waals surface area contributed by atoms with Crippen LogP contribution in [0, 0.1) is 5.82 Å². The number of imidazole rings is 1. The Kier molecular flexibility index (Phi) is 6.82. The maximum Gasteiger partial charge on any atom is 0.323 e. The van der Waals surface area contributed by atoms with Gasteiger partial charge in [0.2, 0.25) is 5.82 Å². The molecule has 0 aliphatic rings. The van der Waals surface area contributed by atoms with Crippen LogP contribution >= 0.6 is 11.6 Å². The molecular weight excluding hydrogens is 499 g/mol.